The van der Waals surface area contributed by atoms with Crippen LogP contribution in [0.2, 0.25) is 0 Å². The first-order valence-corrected chi connectivity index (χ1v) is 9.81. The zero-order valence-corrected chi connectivity index (χ0v) is 16.3. The van der Waals surface area contributed by atoms with Crippen molar-refractivity contribution < 1.29 is 13.9 Å². The first-order valence-electron chi connectivity index (χ1n) is 9.81. The minimum atomic E-state index is -0.242. The van der Waals surface area contributed by atoms with E-state index in [9.17, 15) is 4.39 Å². The lowest BCUT2D eigenvalue weighted by Gasteiger charge is -2.16. The van der Waals surface area contributed by atoms with E-state index in [-0.39, 0.29) is 11.7 Å². The lowest BCUT2D eigenvalue weighted by molar-refractivity contribution is 0.248. The van der Waals surface area contributed by atoms with Crippen LogP contribution in [0.1, 0.15) is 28.2 Å². The molecule has 0 spiro atoms. The summed E-state index contributed by atoms with van der Waals surface area (Å²) in [5.41, 5.74) is 4.29. The molecule has 0 unspecified atom stereocenters. The number of nitrogens with one attached hydrogen (secondary N) is 1. The molecule has 2 aliphatic rings. The second kappa shape index (κ2) is 6.45. The summed E-state index contributed by atoms with van der Waals surface area (Å²) in [6.45, 7) is 1.21. The number of benzene rings is 1. The summed E-state index contributed by atoms with van der Waals surface area (Å²) in [6.07, 6.45) is 6.11. The largest absolute Gasteiger partial charge is 0.493 e. The minimum absolute atomic E-state index is 0.0168. The Bertz CT molecular complexity index is 1280. The van der Waals surface area contributed by atoms with Gasteiger partial charge in [-0.15, -0.1) is 10.2 Å². The number of nitrogens with zero attached hydrogens (tertiary/aromatic N) is 5. The lowest BCUT2D eigenvalue weighted by Crippen LogP contribution is -2.13. The van der Waals surface area contributed by atoms with E-state index in [1.165, 1.54) is 6.07 Å². The number of aryl methyl sites for hydroxylation is 1. The van der Waals surface area contributed by atoms with Crippen LogP contribution in [-0.4, -0.2) is 37.6 Å². The van der Waals surface area contributed by atoms with Crippen LogP contribution in [0.15, 0.2) is 36.9 Å². The molecule has 0 bridgehead atoms. The Morgan fingerprint density at radius 2 is 2.10 bits per heavy atom. The van der Waals surface area contributed by atoms with Gasteiger partial charge in [0.05, 0.1) is 25.3 Å². The van der Waals surface area contributed by atoms with Crippen molar-refractivity contribution in [1.29, 1.82) is 0 Å². The van der Waals surface area contributed by atoms with Crippen LogP contribution in [0.3, 0.4) is 0 Å². The number of hydrogen-bond acceptors (Lipinski definition) is 6. The fourth-order valence-corrected chi connectivity index (χ4v) is 4.36. The summed E-state index contributed by atoms with van der Waals surface area (Å²) in [6, 6.07) is 5.15. The molecule has 8 nitrogen and oxygen atoms in total. The number of pyridine rings is 1. The first-order chi connectivity index (χ1) is 14.7. The predicted octanol–water partition coefficient (Wildman–Crippen LogP) is 2.67. The average Bonchev–Trinajstić information content (AvgIpc) is 3.46. The molecule has 4 aromatic rings. The molecule has 1 aromatic carbocycles. The zero-order valence-electron chi connectivity index (χ0n) is 16.3. The highest BCUT2D eigenvalue weighted by molar-refractivity contribution is 5.64. The van der Waals surface area contributed by atoms with Crippen molar-refractivity contribution in [3.05, 3.63) is 65.0 Å². The van der Waals surface area contributed by atoms with Crippen LogP contribution in [0.25, 0.3) is 5.65 Å². The van der Waals surface area contributed by atoms with Crippen LogP contribution in [0.4, 0.5) is 10.2 Å². The van der Waals surface area contributed by atoms with Crippen molar-refractivity contribution in [2.75, 3.05) is 18.5 Å². The van der Waals surface area contributed by atoms with Crippen molar-refractivity contribution in [2.24, 2.45) is 7.05 Å². The molecule has 9 heteroatoms. The van der Waals surface area contributed by atoms with Gasteiger partial charge >= 0.3 is 0 Å². The van der Waals surface area contributed by atoms with Crippen LogP contribution in [0, 0.1) is 5.82 Å². The van der Waals surface area contributed by atoms with Gasteiger partial charge in [0, 0.05) is 42.9 Å². The number of rotatable bonds is 2. The maximum Gasteiger partial charge on any atom is 0.165 e. The van der Waals surface area contributed by atoms with E-state index >= 15 is 0 Å². The van der Waals surface area contributed by atoms with Crippen molar-refractivity contribution in [1.82, 2.24) is 24.4 Å². The number of anilines is 1. The second-order valence-corrected chi connectivity index (χ2v) is 7.72. The molecule has 5 heterocycles. The third-order valence-electron chi connectivity index (χ3n) is 5.75. The van der Waals surface area contributed by atoms with Gasteiger partial charge in [-0.25, -0.2) is 4.39 Å². The van der Waals surface area contributed by atoms with Gasteiger partial charge in [0.15, 0.2) is 17.2 Å². The van der Waals surface area contributed by atoms with Crippen LogP contribution < -0.4 is 14.8 Å². The maximum atomic E-state index is 14.7. The third kappa shape index (κ3) is 2.62. The molecule has 2 aliphatic heterocycles. The molecule has 0 aliphatic carbocycles. The zero-order chi connectivity index (χ0) is 20.2. The fourth-order valence-electron chi connectivity index (χ4n) is 4.36. The average molecular weight is 406 g/mol. The van der Waals surface area contributed by atoms with E-state index in [1.54, 1.807) is 17.1 Å². The number of halogens is 1. The molecule has 0 amide bonds. The Morgan fingerprint density at radius 1 is 1.23 bits per heavy atom. The summed E-state index contributed by atoms with van der Waals surface area (Å²) in [5, 5.41) is 16.0. The van der Waals surface area contributed by atoms with Crippen molar-refractivity contribution in [3.63, 3.8) is 0 Å². The lowest BCUT2D eigenvalue weighted by atomic mass is 9.96. The molecule has 0 saturated heterocycles. The first kappa shape index (κ1) is 17.3. The quantitative estimate of drug-likeness (QED) is 0.552. The fraction of sp³-hybridized carbons (Fsp3) is 0.286. The van der Waals surface area contributed by atoms with Crippen molar-refractivity contribution in [3.8, 4) is 11.5 Å². The summed E-state index contributed by atoms with van der Waals surface area (Å²) >= 11 is 0. The Balaban J connectivity index is 1.45. The van der Waals surface area contributed by atoms with E-state index in [0.717, 1.165) is 28.1 Å². The summed E-state index contributed by atoms with van der Waals surface area (Å²) in [4.78, 5) is 0. The molecular weight excluding hydrogens is 387 g/mol. The van der Waals surface area contributed by atoms with E-state index in [1.807, 2.05) is 29.9 Å². The predicted molar refractivity (Wildman–Crippen MR) is 106 cm³/mol. The third-order valence-corrected chi connectivity index (χ3v) is 5.75. The van der Waals surface area contributed by atoms with Gasteiger partial charge in [-0.05, 0) is 23.8 Å². The minimum Gasteiger partial charge on any atom is -0.493 e. The van der Waals surface area contributed by atoms with Crippen molar-refractivity contribution >= 4 is 11.5 Å². The second-order valence-electron chi connectivity index (χ2n) is 7.72. The smallest absolute Gasteiger partial charge is 0.165 e. The molecule has 6 rings (SSSR count). The molecule has 0 saturated carbocycles. The van der Waals surface area contributed by atoms with Crippen molar-refractivity contribution in [2.45, 2.75) is 18.9 Å². The maximum absolute atomic E-state index is 14.7. The number of ether oxygens (including phenoxy) is 2. The SMILES string of the molecule is Cn1cc(Cc2cc3c(n4cnnc24)NCc2c(F)ccc4c2[C@@H](CO4)CO3)cn1. The molecule has 1 N–H and O–H groups in total. The van der Waals surface area contributed by atoms with Gasteiger partial charge < -0.3 is 14.8 Å². The van der Waals surface area contributed by atoms with E-state index in [4.69, 9.17) is 9.47 Å². The molecular formula is C21H19FN6O2. The highest BCUT2D eigenvalue weighted by atomic mass is 19.1. The van der Waals surface area contributed by atoms with E-state index in [0.29, 0.717) is 43.3 Å². The van der Waals surface area contributed by atoms with Gasteiger partial charge in [0.2, 0.25) is 0 Å². The van der Waals surface area contributed by atoms with Crippen LogP contribution in [-0.2, 0) is 20.0 Å². The highest BCUT2D eigenvalue weighted by Gasteiger charge is 2.31. The Morgan fingerprint density at radius 3 is 2.93 bits per heavy atom. The molecule has 3 aromatic heterocycles. The van der Waals surface area contributed by atoms with Gasteiger partial charge in [-0.1, -0.05) is 0 Å². The van der Waals surface area contributed by atoms with Gasteiger partial charge in [-0.2, -0.15) is 5.10 Å². The van der Waals surface area contributed by atoms with Gasteiger partial charge in [0.1, 0.15) is 17.9 Å². The number of fused-ring (bicyclic) bond motifs is 3. The van der Waals surface area contributed by atoms with Crippen LogP contribution >= 0.6 is 0 Å². The van der Waals surface area contributed by atoms with Crippen LogP contribution in [0.5, 0.6) is 11.5 Å². The monoisotopic (exact) mass is 406 g/mol. The number of aromatic nitrogens is 5. The highest BCUT2D eigenvalue weighted by Crippen LogP contribution is 2.41. The standard InChI is InChI=1S/C21H19FN6O2/c1-27-8-12(6-25-27)4-13-5-18-21(28-11-24-26-20(13)28)23-7-15-16(22)2-3-17-19(15)14(9-29-17)10-30-18/h2-3,5-6,8,11,14,23H,4,7,9-10H2,1H3/t14-/m0/s1. The number of hydrogen-bond donors (Lipinski definition) is 1. The normalized spacial score (nSPS) is 17.2. The van der Waals surface area contributed by atoms with Gasteiger partial charge in [-0.3, -0.25) is 9.08 Å². The molecule has 30 heavy (non-hydrogen) atoms. The topological polar surface area (TPSA) is 78.5 Å². The Labute approximate surface area is 171 Å². The van der Waals surface area contributed by atoms with E-state index < -0.39 is 0 Å². The summed E-state index contributed by atoms with van der Waals surface area (Å²) < 4.78 is 30.3. The Kier molecular flexibility index (Phi) is 3.71. The molecule has 0 fully saturated rings. The van der Waals surface area contributed by atoms with E-state index in [2.05, 4.69) is 20.6 Å². The van der Waals surface area contributed by atoms with Gasteiger partial charge in [0.25, 0.3) is 0 Å². The summed E-state index contributed by atoms with van der Waals surface area (Å²) in [7, 11) is 1.89. The summed E-state index contributed by atoms with van der Waals surface area (Å²) in [5.74, 6) is 1.87. The molecule has 152 valence electrons. The Hall–Kier alpha value is -3.62. The molecule has 1 atom stereocenters. The molecule has 0 radical (unpaired) electrons.